The molecule has 34 heavy (non-hydrogen) atoms. The zero-order valence-corrected chi connectivity index (χ0v) is 20.3. The highest BCUT2D eigenvalue weighted by molar-refractivity contribution is 8.03. The summed E-state index contributed by atoms with van der Waals surface area (Å²) < 4.78 is 13.1. The van der Waals surface area contributed by atoms with Gasteiger partial charge in [-0.25, -0.2) is 4.39 Å². The summed E-state index contributed by atoms with van der Waals surface area (Å²) in [4.78, 5) is 25.7. The lowest BCUT2D eigenvalue weighted by molar-refractivity contribution is -0.118. The van der Waals surface area contributed by atoms with E-state index in [1.54, 1.807) is 12.1 Å². The molecular formula is C26H23ClFN3O2S. The van der Waals surface area contributed by atoms with Gasteiger partial charge in [-0.05, 0) is 53.8 Å². The smallest absolute Gasteiger partial charge is 0.234 e. The number of hydrogen-bond acceptors (Lipinski definition) is 5. The van der Waals surface area contributed by atoms with Crippen LogP contribution in [0.25, 0.3) is 0 Å². The van der Waals surface area contributed by atoms with Crippen molar-refractivity contribution in [2.45, 2.75) is 32.6 Å². The predicted octanol–water partition coefficient (Wildman–Crippen LogP) is 5.92. The predicted molar refractivity (Wildman–Crippen MR) is 133 cm³/mol. The van der Waals surface area contributed by atoms with Crippen LogP contribution in [0.5, 0.6) is 0 Å². The zero-order chi connectivity index (χ0) is 24.5. The molecule has 2 aromatic rings. The molecule has 1 atom stereocenters. The molecule has 0 aromatic heterocycles. The van der Waals surface area contributed by atoms with Crippen LogP contribution in [-0.2, 0) is 9.59 Å². The summed E-state index contributed by atoms with van der Waals surface area (Å²) >= 11 is 7.28. The average molecular weight is 496 g/mol. The molecule has 1 heterocycles. The molecule has 1 unspecified atom stereocenters. The van der Waals surface area contributed by atoms with Crippen LogP contribution in [0.2, 0.25) is 5.02 Å². The van der Waals surface area contributed by atoms with Gasteiger partial charge in [0, 0.05) is 28.4 Å². The number of carbonyl (C=O) groups excluding carboxylic acids is 2. The molecule has 1 aliphatic heterocycles. The number of amides is 1. The molecule has 1 amide bonds. The molecule has 0 saturated carbocycles. The van der Waals surface area contributed by atoms with Gasteiger partial charge in [0.2, 0.25) is 5.91 Å². The Bertz CT molecular complexity index is 1240. The number of rotatable bonds is 5. The Morgan fingerprint density at radius 2 is 1.88 bits per heavy atom. The van der Waals surface area contributed by atoms with Crippen LogP contribution >= 0.6 is 23.4 Å². The van der Waals surface area contributed by atoms with Crippen LogP contribution in [0, 0.1) is 22.6 Å². The quantitative estimate of drug-likeness (QED) is 0.538. The monoisotopic (exact) mass is 495 g/mol. The number of anilines is 1. The first-order chi connectivity index (χ1) is 16.2. The van der Waals surface area contributed by atoms with Crippen LogP contribution in [0.15, 0.2) is 70.4 Å². The normalized spacial score (nSPS) is 19.3. The number of carbonyl (C=O) groups is 2. The largest absolute Gasteiger partial charge is 0.352 e. The number of benzene rings is 2. The summed E-state index contributed by atoms with van der Waals surface area (Å²) in [5.74, 6) is -1.14. The van der Waals surface area contributed by atoms with Crippen LogP contribution in [0.3, 0.4) is 0 Å². The van der Waals surface area contributed by atoms with Crippen molar-refractivity contribution in [3.05, 3.63) is 86.8 Å². The van der Waals surface area contributed by atoms with Crippen molar-refractivity contribution in [3.8, 4) is 6.07 Å². The fourth-order valence-electron chi connectivity index (χ4n) is 4.35. The minimum absolute atomic E-state index is 0.0181. The first kappa shape index (κ1) is 24.1. The van der Waals surface area contributed by atoms with Gasteiger partial charge >= 0.3 is 0 Å². The Balaban J connectivity index is 1.64. The second kappa shape index (κ2) is 9.65. The highest BCUT2D eigenvalue weighted by Crippen LogP contribution is 2.47. The first-order valence-electron chi connectivity index (χ1n) is 10.8. The van der Waals surface area contributed by atoms with Gasteiger partial charge in [-0.1, -0.05) is 49.3 Å². The van der Waals surface area contributed by atoms with Crippen molar-refractivity contribution in [3.63, 3.8) is 0 Å². The van der Waals surface area contributed by atoms with E-state index in [0.717, 1.165) is 11.3 Å². The van der Waals surface area contributed by atoms with E-state index in [4.69, 9.17) is 11.6 Å². The van der Waals surface area contributed by atoms with Gasteiger partial charge in [-0.2, -0.15) is 5.26 Å². The Morgan fingerprint density at radius 1 is 1.21 bits per heavy atom. The molecule has 2 aliphatic rings. The Kier molecular flexibility index (Phi) is 6.83. The summed E-state index contributed by atoms with van der Waals surface area (Å²) in [5, 5.41) is 17.2. The highest BCUT2D eigenvalue weighted by Gasteiger charge is 2.41. The van der Waals surface area contributed by atoms with Crippen LogP contribution in [0.1, 0.15) is 38.2 Å². The Labute approximate surface area is 207 Å². The molecule has 0 bridgehead atoms. The van der Waals surface area contributed by atoms with Crippen molar-refractivity contribution in [1.82, 2.24) is 5.32 Å². The van der Waals surface area contributed by atoms with Crippen molar-refractivity contribution < 1.29 is 14.0 Å². The number of hydrogen-bond donors (Lipinski definition) is 2. The fourth-order valence-corrected chi connectivity index (χ4v) is 5.33. The number of halogens is 2. The summed E-state index contributed by atoms with van der Waals surface area (Å²) in [6.45, 7) is 4.08. The molecule has 4 rings (SSSR count). The standard InChI is InChI=1S/C26H23ClFN3O2S/c1-26(2)11-20-24(21(32)12-26)23(15-3-5-16(27)6-4-15)19(13-29)25(31-20)34-14-22(33)30-18-9-7-17(28)8-10-18/h3-10,23,31H,11-12,14H2,1-2H3,(H,30,33). The minimum atomic E-state index is -0.523. The van der Waals surface area contributed by atoms with Crippen molar-refractivity contribution in [2.75, 3.05) is 11.1 Å². The molecule has 1 aliphatic carbocycles. The molecule has 0 saturated heterocycles. The number of nitrogens with one attached hydrogen (secondary N) is 2. The van der Waals surface area contributed by atoms with Gasteiger partial charge in [-0.3, -0.25) is 9.59 Å². The average Bonchev–Trinajstić information content (AvgIpc) is 2.78. The van der Waals surface area contributed by atoms with Crippen molar-refractivity contribution >= 4 is 40.7 Å². The van der Waals surface area contributed by atoms with E-state index in [0.29, 0.717) is 39.7 Å². The third-order valence-electron chi connectivity index (χ3n) is 5.81. The second-order valence-corrected chi connectivity index (χ2v) is 10.6. The summed E-state index contributed by atoms with van der Waals surface area (Å²) in [5.41, 5.74) is 2.88. The SMILES string of the molecule is CC1(C)CC(=O)C2=C(C1)NC(SCC(=O)Nc1ccc(F)cc1)=C(C#N)C2c1ccc(Cl)cc1. The van der Waals surface area contributed by atoms with Crippen molar-refractivity contribution in [1.29, 1.82) is 5.26 Å². The van der Waals surface area contributed by atoms with E-state index in [2.05, 4.69) is 16.7 Å². The van der Waals surface area contributed by atoms with Gasteiger partial charge in [0.05, 0.1) is 28.3 Å². The lowest BCUT2D eigenvalue weighted by atomic mass is 9.69. The van der Waals surface area contributed by atoms with Crippen LogP contribution in [-0.4, -0.2) is 17.4 Å². The Morgan fingerprint density at radius 3 is 2.53 bits per heavy atom. The molecule has 0 radical (unpaired) electrons. The van der Waals surface area contributed by atoms with Gasteiger partial charge < -0.3 is 10.6 Å². The molecule has 0 fully saturated rings. The van der Waals surface area contributed by atoms with E-state index in [1.807, 2.05) is 26.0 Å². The maximum absolute atomic E-state index is 13.2. The van der Waals surface area contributed by atoms with E-state index >= 15 is 0 Å². The number of thioether (sulfide) groups is 1. The topological polar surface area (TPSA) is 82.0 Å². The number of dihydropyridines is 1. The maximum Gasteiger partial charge on any atom is 0.234 e. The third-order valence-corrected chi connectivity index (χ3v) is 7.07. The lowest BCUT2D eigenvalue weighted by Gasteiger charge is -2.39. The Hall–Kier alpha value is -3.08. The van der Waals surface area contributed by atoms with E-state index in [1.165, 1.54) is 36.0 Å². The maximum atomic E-state index is 13.2. The number of nitriles is 1. The molecule has 0 spiro atoms. The van der Waals surface area contributed by atoms with Crippen molar-refractivity contribution in [2.24, 2.45) is 5.41 Å². The van der Waals surface area contributed by atoms with Gasteiger partial charge in [0.15, 0.2) is 5.78 Å². The summed E-state index contributed by atoms with van der Waals surface area (Å²) in [6.07, 6.45) is 1.06. The fraction of sp³-hybridized carbons (Fsp3) is 0.269. The van der Waals surface area contributed by atoms with Gasteiger partial charge in [0.25, 0.3) is 0 Å². The highest BCUT2D eigenvalue weighted by atomic mass is 35.5. The third kappa shape index (κ3) is 5.19. The number of ketones is 1. The summed E-state index contributed by atoms with van der Waals surface area (Å²) in [6, 6.07) is 14.9. The number of allylic oxidation sites excluding steroid dienone is 3. The molecular weight excluding hydrogens is 473 g/mol. The number of nitrogens with zero attached hydrogens (tertiary/aromatic N) is 1. The number of Topliss-reactive ketones (excluding diaryl/α,β-unsaturated/α-hetero) is 1. The van der Waals surface area contributed by atoms with E-state index < -0.39 is 5.92 Å². The van der Waals surface area contributed by atoms with Crippen LogP contribution < -0.4 is 10.6 Å². The van der Waals surface area contributed by atoms with Gasteiger partial charge in [0.1, 0.15) is 5.82 Å². The molecule has 174 valence electrons. The minimum Gasteiger partial charge on any atom is -0.352 e. The first-order valence-corrected chi connectivity index (χ1v) is 12.1. The molecule has 5 nitrogen and oxygen atoms in total. The van der Waals surface area contributed by atoms with E-state index in [9.17, 15) is 19.2 Å². The molecule has 2 aromatic carbocycles. The summed E-state index contributed by atoms with van der Waals surface area (Å²) in [7, 11) is 0. The van der Waals surface area contributed by atoms with Crippen LogP contribution in [0.4, 0.5) is 10.1 Å². The van der Waals surface area contributed by atoms with E-state index in [-0.39, 0.29) is 28.7 Å². The lowest BCUT2D eigenvalue weighted by Crippen LogP contribution is -2.37. The molecule has 2 N–H and O–H groups in total. The van der Waals surface area contributed by atoms with Gasteiger partial charge in [-0.15, -0.1) is 0 Å². The zero-order valence-electron chi connectivity index (χ0n) is 18.7. The second-order valence-electron chi connectivity index (χ2n) is 9.14. The molecule has 8 heteroatoms.